The van der Waals surface area contributed by atoms with Gasteiger partial charge in [-0.2, -0.15) is 0 Å². The number of nitrogens with two attached hydrogens (primary N) is 1. The molecule has 100 valence electrons. The first-order chi connectivity index (χ1) is 8.58. The van der Waals surface area contributed by atoms with E-state index >= 15 is 0 Å². The van der Waals surface area contributed by atoms with Crippen LogP contribution in [0.15, 0.2) is 24.3 Å². The lowest BCUT2D eigenvalue weighted by Crippen LogP contribution is -2.45. The van der Waals surface area contributed by atoms with Gasteiger partial charge in [-0.15, -0.1) is 0 Å². The van der Waals surface area contributed by atoms with Gasteiger partial charge in [0.1, 0.15) is 11.3 Å². The first-order valence-corrected chi connectivity index (χ1v) is 6.27. The van der Waals surface area contributed by atoms with Gasteiger partial charge in [0.25, 0.3) is 0 Å². The van der Waals surface area contributed by atoms with Crippen LogP contribution in [0.1, 0.15) is 32.8 Å². The summed E-state index contributed by atoms with van der Waals surface area (Å²) < 4.78 is 10.4. The summed E-state index contributed by atoms with van der Waals surface area (Å²) in [5, 5.41) is 0. The van der Waals surface area contributed by atoms with Gasteiger partial charge in [0.05, 0.1) is 13.2 Å². The van der Waals surface area contributed by atoms with Gasteiger partial charge < -0.3 is 15.2 Å². The fourth-order valence-electron chi connectivity index (χ4n) is 1.74. The number of hydrogen-bond donors (Lipinski definition) is 1. The van der Waals surface area contributed by atoms with E-state index in [-0.39, 0.29) is 0 Å². The molecule has 4 heteroatoms. The second-order valence-electron chi connectivity index (χ2n) is 4.00. The quantitative estimate of drug-likeness (QED) is 0.787. The molecular formula is C14H21NO3. The largest absolute Gasteiger partial charge is 0.494 e. The molecule has 4 nitrogen and oxygen atoms in total. The maximum atomic E-state index is 11.9. The van der Waals surface area contributed by atoms with Crippen LogP contribution in [0.25, 0.3) is 0 Å². The molecule has 0 aliphatic heterocycles. The van der Waals surface area contributed by atoms with Gasteiger partial charge in [-0.1, -0.05) is 19.1 Å². The minimum atomic E-state index is -1.08. The summed E-state index contributed by atoms with van der Waals surface area (Å²) in [5.41, 5.74) is 5.82. The Balaban J connectivity index is 2.97. The highest BCUT2D eigenvalue weighted by atomic mass is 16.5. The standard InChI is InChI=1S/C14H21NO3/c1-4-14(15,13(16)18-6-3)11-7-9-12(10-8-11)17-5-2/h7-10H,4-6,15H2,1-3H3. The minimum absolute atomic E-state index is 0.328. The summed E-state index contributed by atoms with van der Waals surface area (Å²) >= 11 is 0. The van der Waals surface area contributed by atoms with E-state index in [0.717, 1.165) is 11.3 Å². The fraction of sp³-hybridized carbons (Fsp3) is 0.500. The van der Waals surface area contributed by atoms with Crippen LogP contribution in [0, 0.1) is 0 Å². The minimum Gasteiger partial charge on any atom is -0.494 e. The molecule has 0 aliphatic carbocycles. The van der Waals surface area contributed by atoms with Crippen molar-refractivity contribution in [3.05, 3.63) is 29.8 Å². The predicted molar refractivity (Wildman–Crippen MR) is 70.4 cm³/mol. The molecule has 0 fully saturated rings. The van der Waals surface area contributed by atoms with Crippen molar-refractivity contribution in [3.63, 3.8) is 0 Å². The Labute approximate surface area is 108 Å². The van der Waals surface area contributed by atoms with Crippen molar-refractivity contribution in [1.82, 2.24) is 0 Å². The Kier molecular flexibility index (Phi) is 5.16. The number of esters is 1. The molecule has 1 unspecified atom stereocenters. The molecule has 0 bridgehead atoms. The monoisotopic (exact) mass is 251 g/mol. The molecular weight excluding hydrogens is 230 g/mol. The number of hydrogen-bond acceptors (Lipinski definition) is 4. The van der Waals surface area contributed by atoms with Gasteiger partial charge in [0.2, 0.25) is 0 Å². The van der Waals surface area contributed by atoms with Crippen molar-refractivity contribution in [2.24, 2.45) is 5.73 Å². The van der Waals surface area contributed by atoms with Crippen molar-refractivity contribution >= 4 is 5.97 Å². The third kappa shape index (κ3) is 3.01. The van der Waals surface area contributed by atoms with Crippen LogP contribution in [0.3, 0.4) is 0 Å². The summed E-state index contributed by atoms with van der Waals surface area (Å²) in [4.78, 5) is 11.9. The Morgan fingerprint density at radius 1 is 1.17 bits per heavy atom. The molecule has 0 saturated carbocycles. The summed E-state index contributed by atoms with van der Waals surface area (Å²) in [5.74, 6) is 0.375. The van der Waals surface area contributed by atoms with E-state index in [1.807, 2.05) is 38.1 Å². The van der Waals surface area contributed by atoms with Gasteiger partial charge in [-0.05, 0) is 38.0 Å². The number of rotatable bonds is 6. The highest BCUT2D eigenvalue weighted by Crippen LogP contribution is 2.25. The van der Waals surface area contributed by atoms with Crippen LogP contribution >= 0.6 is 0 Å². The molecule has 2 N–H and O–H groups in total. The molecule has 0 aromatic heterocycles. The first-order valence-electron chi connectivity index (χ1n) is 6.27. The zero-order chi connectivity index (χ0) is 13.6. The van der Waals surface area contributed by atoms with Crippen LogP contribution in [0.2, 0.25) is 0 Å². The molecule has 0 radical (unpaired) electrons. The highest BCUT2D eigenvalue weighted by molar-refractivity contribution is 5.82. The molecule has 0 heterocycles. The molecule has 1 rings (SSSR count). The number of carbonyl (C=O) groups excluding carboxylic acids is 1. The topological polar surface area (TPSA) is 61.5 Å². The fourth-order valence-corrected chi connectivity index (χ4v) is 1.74. The van der Waals surface area contributed by atoms with E-state index in [1.54, 1.807) is 6.92 Å². The van der Waals surface area contributed by atoms with Crippen molar-refractivity contribution in [3.8, 4) is 5.75 Å². The summed E-state index contributed by atoms with van der Waals surface area (Å²) in [6, 6.07) is 7.25. The van der Waals surface area contributed by atoms with Crippen LogP contribution in [0.5, 0.6) is 5.75 Å². The maximum Gasteiger partial charge on any atom is 0.330 e. The maximum absolute atomic E-state index is 11.9. The van der Waals surface area contributed by atoms with Gasteiger partial charge >= 0.3 is 5.97 Å². The lowest BCUT2D eigenvalue weighted by atomic mass is 9.88. The first kappa shape index (κ1) is 14.5. The zero-order valence-electron chi connectivity index (χ0n) is 11.2. The smallest absolute Gasteiger partial charge is 0.330 e. The van der Waals surface area contributed by atoms with Crippen molar-refractivity contribution in [1.29, 1.82) is 0 Å². The van der Waals surface area contributed by atoms with E-state index in [1.165, 1.54) is 0 Å². The molecule has 0 amide bonds. The second-order valence-corrected chi connectivity index (χ2v) is 4.00. The lowest BCUT2D eigenvalue weighted by molar-refractivity contribution is -0.150. The summed E-state index contributed by atoms with van der Waals surface area (Å²) in [6.45, 7) is 6.50. The van der Waals surface area contributed by atoms with Crippen LogP contribution in [-0.2, 0) is 15.1 Å². The van der Waals surface area contributed by atoms with E-state index in [4.69, 9.17) is 15.2 Å². The van der Waals surface area contributed by atoms with E-state index in [9.17, 15) is 4.79 Å². The number of carbonyl (C=O) groups is 1. The molecule has 0 saturated heterocycles. The van der Waals surface area contributed by atoms with Crippen molar-refractivity contribution in [2.45, 2.75) is 32.7 Å². The average Bonchev–Trinajstić information content (AvgIpc) is 2.39. The van der Waals surface area contributed by atoms with Crippen LogP contribution < -0.4 is 10.5 Å². The number of benzene rings is 1. The third-order valence-electron chi connectivity index (χ3n) is 2.88. The van der Waals surface area contributed by atoms with Crippen molar-refractivity contribution in [2.75, 3.05) is 13.2 Å². The van der Waals surface area contributed by atoms with Gasteiger partial charge in [0, 0.05) is 0 Å². The lowest BCUT2D eigenvalue weighted by Gasteiger charge is -2.26. The SMILES string of the molecule is CCOC(=O)C(N)(CC)c1ccc(OCC)cc1. The van der Waals surface area contributed by atoms with E-state index < -0.39 is 11.5 Å². The molecule has 18 heavy (non-hydrogen) atoms. The van der Waals surface area contributed by atoms with Crippen molar-refractivity contribution < 1.29 is 14.3 Å². The normalized spacial score (nSPS) is 13.8. The Hall–Kier alpha value is -1.55. The summed E-state index contributed by atoms with van der Waals surface area (Å²) in [6.07, 6.45) is 0.486. The molecule has 0 aliphatic rings. The molecule has 1 aromatic rings. The Morgan fingerprint density at radius 2 is 1.78 bits per heavy atom. The van der Waals surface area contributed by atoms with Gasteiger partial charge in [-0.25, -0.2) is 4.79 Å². The Bertz CT molecular complexity index is 389. The third-order valence-corrected chi connectivity index (χ3v) is 2.88. The van der Waals surface area contributed by atoms with E-state index in [0.29, 0.717) is 19.6 Å². The molecule has 0 spiro atoms. The van der Waals surface area contributed by atoms with Crippen LogP contribution in [-0.4, -0.2) is 19.2 Å². The predicted octanol–water partition coefficient (Wildman–Crippen LogP) is 2.21. The van der Waals surface area contributed by atoms with Gasteiger partial charge in [-0.3, -0.25) is 0 Å². The number of ether oxygens (including phenoxy) is 2. The average molecular weight is 251 g/mol. The van der Waals surface area contributed by atoms with Crippen LogP contribution in [0.4, 0.5) is 0 Å². The van der Waals surface area contributed by atoms with E-state index in [2.05, 4.69) is 0 Å². The Morgan fingerprint density at radius 3 is 2.22 bits per heavy atom. The second kappa shape index (κ2) is 6.40. The summed E-state index contributed by atoms with van der Waals surface area (Å²) in [7, 11) is 0. The zero-order valence-corrected chi connectivity index (χ0v) is 11.2. The van der Waals surface area contributed by atoms with Gasteiger partial charge in [0.15, 0.2) is 0 Å². The highest BCUT2D eigenvalue weighted by Gasteiger charge is 2.35. The molecule has 1 aromatic carbocycles. The molecule has 1 atom stereocenters.